The molecule has 2 saturated heterocycles. The highest BCUT2D eigenvalue weighted by molar-refractivity contribution is 5.94. The van der Waals surface area contributed by atoms with Crippen LogP contribution in [0.5, 0.6) is 0 Å². The van der Waals surface area contributed by atoms with Crippen molar-refractivity contribution in [3.05, 3.63) is 42.4 Å². The Labute approximate surface area is 171 Å². The fraction of sp³-hybridized carbons (Fsp3) is 0.545. The molecule has 0 radical (unpaired) electrons. The van der Waals surface area contributed by atoms with Crippen molar-refractivity contribution < 1.29 is 9.59 Å². The molecule has 0 bridgehead atoms. The lowest BCUT2D eigenvalue weighted by molar-refractivity contribution is -0.124. The van der Waals surface area contributed by atoms with Gasteiger partial charge >= 0.3 is 0 Å². The molecule has 2 aromatic heterocycles. The van der Waals surface area contributed by atoms with Gasteiger partial charge in [-0.05, 0) is 37.0 Å². The van der Waals surface area contributed by atoms with Crippen LogP contribution < -0.4 is 4.90 Å². The van der Waals surface area contributed by atoms with Gasteiger partial charge in [0.2, 0.25) is 0 Å². The first-order valence-corrected chi connectivity index (χ1v) is 10.5. The lowest BCUT2D eigenvalue weighted by Crippen LogP contribution is -2.48. The summed E-state index contributed by atoms with van der Waals surface area (Å²) >= 11 is 0. The maximum atomic E-state index is 12.9. The normalized spacial score (nSPS) is 20.0. The van der Waals surface area contributed by atoms with Crippen LogP contribution in [0.15, 0.2) is 36.8 Å². The molecule has 0 aromatic carbocycles. The summed E-state index contributed by atoms with van der Waals surface area (Å²) in [6.07, 6.45) is 7.81. The maximum Gasteiger partial charge on any atom is 0.255 e. The molecule has 7 heteroatoms. The molecule has 1 amide bonds. The maximum absolute atomic E-state index is 12.9. The van der Waals surface area contributed by atoms with Crippen LogP contribution in [0.25, 0.3) is 0 Å². The van der Waals surface area contributed by atoms with Crippen LogP contribution in [0.2, 0.25) is 0 Å². The molecule has 0 N–H and O–H groups in total. The SMILES string of the molecule is CC(C)CC(=O)[C@@H]1CCCN(C(=O)c2ccc(N3CC(n4cccn4)C3)nc2)C1. The number of Topliss-reactive ketones (excluding diaryl/α,β-unsaturated/α-hetero) is 1. The third-order valence-electron chi connectivity index (χ3n) is 5.85. The first-order chi connectivity index (χ1) is 14.0. The Bertz CT molecular complexity index is 841. The van der Waals surface area contributed by atoms with E-state index in [2.05, 4.69) is 28.8 Å². The average molecular weight is 396 g/mol. The number of pyridine rings is 1. The summed E-state index contributed by atoms with van der Waals surface area (Å²) in [6.45, 7) is 7.10. The highest BCUT2D eigenvalue weighted by Crippen LogP contribution is 2.26. The van der Waals surface area contributed by atoms with Crippen molar-refractivity contribution in [2.45, 2.75) is 39.2 Å². The Hall–Kier alpha value is -2.70. The number of likely N-dealkylation sites (tertiary alicyclic amines) is 1. The second-order valence-electron chi connectivity index (χ2n) is 8.60. The van der Waals surface area contributed by atoms with Crippen LogP contribution >= 0.6 is 0 Å². The number of nitrogens with zero attached hydrogens (tertiary/aromatic N) is 5. The van der Waals surface area contributed by atoms with Gasteiger partial charge in [-0.2, -0.15) is 5.10 Å². The van der Waals surface area contributed by atoms with Gasteiger partial charge in [-0.1, -0.05) is 13.8 Å². The number of carbonyl (C=O) groups excluding carboxylic acids is 2. The number of hydrogen-bond donors (Lipinski definition) is 0. The monoisotopic (exact) mass is 395 g/mol. The number of ketones is 1. The molecule has 7 nitrogen and oxygen atoms in total. The highest BCUT2D eigenvalue weighted by atomic mass is 16.2. The topological polar surface area (TPSA) is 71.3 Å². The molecule has 2 aliphatic rings. The summed E-state index contributed by atoms with van der Waals surface area (Å²) in [5.74, 6) is 1.48. The molecule has 4 heterocycles. The molecule has 0 spiro atoms. The number of hydrogen-bond acceptors (Lipinski definition) is 5. The van der Waals surface area contributed by atoms with E-state index in [4.69, 9.17) is 0 Å². The number of aromatic nitrogens is 3. The summed E-state index contributed by atoms with van der Waals surface area (Å²) in [7, 11) is 0. The number of carbonyl (C=O) groups is 2. The predicted molar refractivity (Wildman–Crippen MR) is 111 cm³/mol. The highest BCUT2D eigenvalue weighted by Gasteiger charge is 2.31. The number of anilines is 1. The lowest BCUT2D eigenvalue weighted by atomic mass is 9.89. The van der Waals surface area contributed by atoms with Crippen LogP contribution in [0.4, 0.5) is 5.82 Å². The van der Waals surface area contributed by atoms with Crippen LogP contribution in [-0.2, 0) is 4.79 Å². The van der Waals surface area contributed by atoms with Crippen molar-refractivity contribution in [2.24, 2.45) is 11.8 Å². The smallest absolute Gasteiger partial charge is 0.255 e. The van der Waals surface area contributed by atoms with Crippen molar-refractivity contribution >= 4 is 17.5 Å². The van der Waals surface area contributed by atoms with Gasteiger partial charge in [0.15, 0.2) is 0 Å². The average Bonchev–Trinajstić information content (AvgIpc) is 3.21. The molecule has 154 valence electrons. The van der Waals surface area contributed by atoms with Crippen molar-refractivity contribution in [3.8, 4) is 0 Å². The van der Waals surface area contributed by atoms with Crippen LogP contribution in [0.1, 0.15) is 49.5 Å². The first kappa shape index (κ1) is 19.6. The standard InChI is InChI=1S/C22H29N5O2/c1-16(2)11-20(28)18-5-3-9-25(13-18)22(29)17-6-7-21(23-12-17)26-14-19(15-26)27-10-4-8-24-27/h4,6-8,10,12,16,18-19H,3,5,9,11,13-15H2,1-2H3/t18-/m1/s1. The molecule has 4 rings (SSSR count). The molecular formula is C22H29N5O2. The van der Waals surface area contributed by atoms with Gasteiger partial charge in [-0.25, -0.2) is 4.98 Å². The Kier molecular flexibility index (Phi) is 5.65. The van der Waals surface area contributed by atoms with E-state index in [1.807, 2.05) is 34.0 Å². The molecule has 0 aliphatic carbocycles. The van der Waals surface area contributed by atoms with E-state index in [-0.39, 0.29) is 17.6 Å². The summed E-state index contributed by atoms with van der Waals surface area (Å²) in [6, 6.07) is 6.08. The number of rotatable bonds is 6. The number of amides is 1. The largest absolute Gasteiger partial charge is 0.352 e. The summed E-state index contributed by atoms with van der Waals surface area (Å²) in [5, 5.41) is 4.28. The van der Waals surface area contributed by atoms with Crippen molar-refractivity contribution in [1.82, 2.24) is 19.7 Å². The molecule has 2 aliphatic heterocycles. The van der Waals surface area contributed by atoms with Crippen molar-refractivity contribution in [3.63, 3.8) is 0 Å². The zero-order valence-corrected chi connectivity index (χ0v) is 17.2. The van der Waals surface area contributed by atoms with Crippen LogP contribution in [-0.4, -0.2) is 57.5 Å². The zero-order valence-electron chi connectivity index (χ0n) is 17.2. The lowest BCUT2D eigenvalue weighted by Gasteiger charge is -2.40. The van der Waals surface area contributed by atoms with E-state index in [9.17, 15) is 9.59 Å². The van der Waals surface area contributed by atoms with Gasteiger partial charge in [0.1, 0.15) is 11.6 Å². The second-order valence-corrected chi connectivity index (χ2v) is 8.60. The molecule has 1 atom stereocenters. The zero-order chi connectivity index (χ0) is 20.4. The summed E-state index contributed by atoms with van der Waals surface area (Å²) < 4.78 is 1.97. The second kappa shape index (κ2) is 8.35. The molecule has 0 saturated carbocycles. The molecular weight excluding hydrogens is 366 g/mol. The van der Waals surface area contributed by atoms with Crippen LogP contribution in [0, 0.1) is 11.8 Å². The van der Waals surface area contributed by atoms with E-state index in [0.717, 1.165) is 31.7 Å². The predicted octanol–water partition coefficient (Wildman–Crippen LogP) is 2.81. The molecule has 2 aromatic rings. The Morgan fingerprint density at radius 2 is 2.03 bits per heavy atom. The van der Waals surface area contributed by atoms with E-state index in [1.165, 1.54) is 0 Å². The molecule has 29 heavy (non-hydrogen) atoms. The van der Waals surface area contributed by atoms with Crippen LogP contribution in [0.3, 0.4) is 0 Å². The quantitative estimate of drug-likeness (QED) is 0.752. The van der Waals surface area contributed by atoms with E-state index in [1.54, 1.807) is 12.4 Å². The third-order valence-corrected chi connectivity index (χ3v) is 5.85. The third kappa shape index (κ3) is 4.33. The first-order valence-electron chi connectivity index (χ1n) is 10.5. The summed E-state index contributed by atoms with van der Waals surface area (Å²) in [4.78, 5) is 33.8. The van der Waals surface area contributed by atoms with Gasteiger partial charge in [0.25, 0.3) is 5.91 Å². The Morgan fingerprint density at radius 1 is 1.21 bits per heavy atom. The Morgan fingerprint density at radius 3 is 2.69 bits per heavy atom. The fourth-order valence-electron chi connectivity index (χ4n) is 4.18. The Balaban J connectivity index is 1.34. The molecule has 2 fully saturated rings. The molecule has 0 unspecified atom stereocenters. The minimum absolute atomic E-state index is 0.0240. The van der Waals surface area contributed by atoms with Crippen molar-refractivity contribution in [2.75, 3.05) is 31.1 Å². The van der Waals surface area contributed by atoms with Gasteiger partial charge in [0.05, 0.1) is 11.6 Å². The minimum Gasteiger partial charge on any atom is -0.352 e. The minimum atomic E-state index is -0.0253. The van der Waals surface area contributed by atoms with E-state index in [0.29, 0.717) is 37.0 Å². The number of piperidine rings is 1. The van der Waals surface area contributed by atoms with E-state index >= 15 is 0 Å². The van der Waals surface area contributed by atoms with Gasteiger partial charge in [0, 0.05) is 57.1 Å². The van der Waals surface area contributed by atoms with Gasteiger partial charge in [-0.3, -0.25) is 14.3 Å². The fourth-order valence-corrected chi connectivity index (χ4v) is 4.18. The van der Waals surface area contributed by atoms with E-state index < -0.39 is 0 Å². The van der Waals surface area contributed by atoms with Gasteiger partial charge in [-0.15, -0.1) is 0 Å². The summed E-state index contributed by atoms with van der Waals surface area (Å²) in [5.41, 5.74) is 0.592. The van der Waals surface area contributed by atoms with Gasteiger partial charge < -0.3 is 9.80 Å². The van der Waals surface area contributed by atoms with Crippen molar-refractivity contribution in [1.29, 1.82) is 0 Å².